The lowest BCUT2D eigenvalue weighted by Crippen LogP contribution is -2.29. The van der Waals surface area contributed by atoms with Crippen molar-refractivity contribution in [3.8, 4) is 0 Å². The zero-order valence-corrected chi connectivity index (χ0v) is 10.00. The minimum absolute atomic E-state index is 0.986. The van der Waals surface area contributed by atoms with E-state index in [0.717, 1.165) is 32.6 Å². The van der Waals surface area contributed by atoms with E-state index in [2.05, 4.69) is 48.0 Å². The summed E-state index contributed by atoms with van der Waals surface area (Å²) in [5.74, 6) is 0. The molecule has 1 aromatic carbocycles. The summed E-state index contributed by atoms with van der Waals surface area (Å²) >= 11 is 0. The molecule has 0 unspecified atom stereocenters. The highest BCUT2D eigenvalue weighted by molar-refractivity contribution is 5.54. The summed E-state index contributed by atoms with van der Waals surface area (Å²) < 4.78 is 0. The molecule has 1 heterocycles. The number of hydrogen-bond acceptors (Lipinski definition) is 2. The minimum Gasteiger partial charge on any atom is -0.370 e. The highest BCUT2D eigenvalue weighted by atomic mass is 15.2. The number of nitrogens with one attached hydrogen (secondary N) is 1. The van der Waals surface area contributed by atoms with Gasteiger partial charge in [-0.25, -0.2) is 0 Å². The molecule has 0 spiro atoms. The number of hydrogen-bond donors (Lipinski definition) is 1. The van der Waals surface area contributed by atoms with Gasteiger partial charge in [0, 0.05) is 31.9 Å². The summed E-state index contributed by atoms with van der Waals surface area (Å²) in [7, 11) is 0. The van der Waals surface area contributed by atoms with E-state index in [-0.39, 0.29) is 0 Å². The van der Waals surface area contributed by atoms with Crippen molar-refractivity contribution in [1.82, 2.24) is 5.32 Å². The first-order chi connectivity index (χ1) is 7.77. The van der Waals surface area contributed by atoms with E-state index < -0.39 is 0 Å². The molecular formula is C14H20N2. The first-order valence-electron chi connectivity index (χ1n) is 5.95. The van der Waals surface area contributed by atoms with Crippen LogP contribution in [-0.4, -0.2) is 19.6 Å². The van der Waals surface area contributed by atoms with Crippen LogP contribution in [0.5, 0.6) is 0 Å². The highest BCUT2D eigenvalue weighted by Gasteiger charge is 2.13. The van der Waals surface area contributed by atoms with Crippen LogP contribution < -0.4 is 10.2 Å². The van der Waals surface area contributed by atoms with E-state index in [1.807, 2.05) is 0 Å². The molecule has 2 nitrogen and oxygen atoms in total. The van der Waals surface area contributed by atoms with Gasteiger partial charge in [-0.3, -0.25) is 0 Å². The number of fused-ring (bicyclic) bond motifs is 1. The molecule has 2 rings (SSSR count). The van der Waals surface area contributed by atoms with Crippen molar-refractivity contribution >= 4 is 5.69 Å². The van der Waals surface area contributed by atoms with Gasteiger partial charge in [-0.2, -0.15) is 0 Å². The molecule has 0 bridgehead atoms. The van der Waals surface area contributed by atoms with Gasteiger partial charge in [-0.15, -0.1) is 6.58 Å². The number of rotatable bonds is 3. The summed E-state index contributed by atoms with van der Waals surface area (Å²) in [5.41, 5.74) is 4.05. The van der Waals surface area contributed by atoms with Crippen LogP contribution in [0.15, 0.2) is 36.4 Å². The van der Waals surface area contributed by atoms with Crippen molar-refractivity contribution in [3.05, 3.63) is 42.0 Å². The Morgan fingerprint density at radius 2 is 2.25 bits per heavy atom. The topological polar surface area (TPSA) is 15.3 Å². The van der Waals surface area contributed by atoms with Gasteiger partial charge in [-0.05, 0) is 25.0 Å². The Morgan fingerprint density at radius 3 is 3.06 bits per heavy atom. The second-order valence-corrected chi connectivity index (χ2v) is 4.50. The fourth-order valence-corrected chi connectivity index (χ4v) is 2.08. The predicted molar refractivity (Wildman–Crippen MR) is 69.8 cm³/mol. The van der Waals surface area contributed by atoms with Crippen LogP contribution in [0, 0.1) is 0 Å². The van der Waals surface area contributed by atoms with Gasteiger partial charge < -0.3 is 10.2 Å². The van der Waals surface area contributed by atoms with Crippen LogP contribution in [0.1, 0.15) is 18.9 Å². The van der Waals surface area contributed by atoms with Crippen molar-refractivity contribution in [1.29, 1.82) is 0 Å². The smallest absolute Gasteiger partial charge is 0.0412 e. The van der Waals surface area contributed by atoms with Crippen LogP contribution in [0.2, 0.25) is 0 Å². The molecule has 2 heteroatoms. The maximum Gasteiger partial charge on any atom is 0.0412 e. The Bertz CT molecular complexity index is 371. The lowest BCUT2D eigenvalue weighted by molar-refractivity contribution is 0.686. The maximum atomic E-state index is 3.98. The van der Waals surface area contributed by atoms with Crippen molar-refractivity contribution < 1.29 is 0 Å². The van der Waals surface area contributed by atoms with E-state index in [0.29, 0.717) is 0 Å². The highest BCUT2D eigenvalue weighted by Crippen LogP contribution is 2.22. The number of para-hydroxylation sites is 1. The third-order valence-electron chi connectivity index (χ3n) is 3.01. The largest absolute Gasteiger partial charge is 0.370 e. The molecular weight excluding hydrogens is 196 g/mol. The molecule has 0 amide bonds. The van der Waals surface area contributed by atoms with Crippen LogP contribution in [0.25, 0.3) is 0 Å². The van der Waals surface area contributed by atoms with Crippen molar-refractivity contribution in [3.63, 3.8) is 0 Å². The summed E-state index contributed by atoms with van der Waals surface area (Å²) in [6.45, 7) is 10.3. The number of anilines is 1. The zero-order chi connectivity index (χ0) is 11.4. The number of benzene rings is 1. The van der Waals surface area contributed by atoms with Gasteiger partial charge in [0.1, 0.15) is 0 Å². The molecule has 0 fully saturated rings. The quantitative estimate of drug-likeness (QED) is 0.781. The lowest BCUT2D eigenvalue weighted by Gasteiger charge is -2.24. The SMILES string of the molecule is C=C(C)CCN1CCNCc2ccccc21. The first kappa shape index (κ1) is 11.2. The van der Waals surface area contributed by atoms with Crippen LogP contribution in [0.3, 0.4) is 0 Å². The fraction of sp³-hybridized carbons (Fsp3) is 0.429. The summed E-state index contributed by atoms with van der Waals surface area (Å²) in [5, 5.41) is 3.46. The zero-order valence-electron chi connectivity index (χ0n) is 10.00. The second kappa shape index (κ2) is 5.17. The van der Waals surface area contributed by atoms with E-state index in [9.17, 15) is 0 Å². The summed E-state index contributed by atoms with van der Waals surface area (Å²) in [6.07, 6.45) is 1.08. The molecule has 0 aliphatic carbocycles. The average Bonchev–Trinajstić information content (AvgIpc) is 2.48. The van der Waals surface area contributed by atoms with Gasteiger partial charge >= 0.3 is 0 Å². The number of nitrogens with zero attached hydrogens (tertiary/aromatic N) is 1. The van der Waals surface area contributed by atoms with Crippen LogP contribution in [0.4, 0.5) is 5.69 Å². The van der Waals surface area contributed by atoms with Gasteiger partial charge in [0.2, 0.25) is 0 Å². The third-order valence-corrected chi connectivity index (χ3v) is 3.01. The molecule has 1 N–H and O–H groups in total. The fourth-order valence-electron chi connectivity index (χ4n) is 2.08. The van der Waals surface area contributed by atoms with E-state index in [1.165, 1.54) is 16.8 Å². The van der Waals surface area contributed by atoms with Crippen LogP contribution in [-0.2, 0) is 6.54 Å². The summed E-state index contributed by atoms with van der Waals surface area (Å²) in [4.78, 5) is 2.46. The van der Waals surface area contributed by atoms with Gasteiger partial charge in [0.15, 0.2) is 0 Å². The average molecular weight is 216 g/mol. The molecule has 1 aliphatic heterocycles. The van der Waals surface area contributed by atoms with E-state index in [1.54, 1.807) is 0 Å². The van der Waals surface area contributed by atoms with E-state index >= 15 is 0 Å². The second-order valence-electron chi connectivity index (χ2n) is 4.50. The van der Waals surface area contributed by atoms with E-state index in [4.69, 9.17) is 0 Å². The maximum absolute atomic E-state index is 3.98. The Balaban J connectivity index is 2.15. The predicted octanol–water partition coefficient (Wildman–Crippen LogP) is 2.56. The van der Waals surface area contributed by atoms with Gasteiger partial charge in [-0.1, -0.05) is 23.8 Å². The molecule has 1 aliphatic rings. The van der Waals surface area contributed by atoms with Crippen molar-refractivity contribution in [2.24, 2.45) is 0 Å². The van der Waals surface area contributed by atoms with Crippen molar-refractivity contribution in [2.45, 2.75) is 19.9 Å². The Hall–Kier alpha value is -1.28. The van der Waals surface area contributed by atoms with Crippen molar-refractivity contribution in [2.75, 3.05) is 24.5 Å². The third kappa shape index (κ3) is 2.64. The molecule has 0 saturated carbocycles. The Morgan fingerprint density at radius 1 is 1.44 bits per heavy atom. The Labute approximate surface area is 98.0 Å². The molecule has 0 atom stereocenters. The molecule has 0 aromatic heterocycles. The lowest BCUT2D eigenvalue weighted by atomic mass is 10.1. The van der Waals surface area contributed by atoms with Gasteiger partial charge in [0.25, 0.3) is 0 Å². The molecule has 16 heavy (non-hydrogen) atoms. The Kier molecular flexibility index (Phi) is 3.62. The van der Waals surface area contributed by atoms with Gasteiger partial charge in [0.05, 0.1) is 0 Å². The molecule has 1 aromatic rings. The monoisotopic (exact) mass is 216 g/mol. The van der Waals surface area contributed by atoms with Crippen LogP contribution >= 0.6 is 0 Å². The molecule has 0 saturated heterocycles. The minimum atomic E-state index is 0.986. The standard InChI is InChI=1S/C14H20N2/c1-12(2)7-9-16-10-8-15-11-13-5-3-4-6-14(13)16/h3-6,15H,1,7-11H2,2H3. The first-order valence-corrected chi connectivity index (χ1v) is 5.95. The molecule has 86 valence electrons. The normalized spacial score (nSPS) is 15.4. The molecule has 0 radical (unpaired) electrons. The summed E-state index contributed by atoms with van der Waals surface area (Å²) in [6, 6.07) is 8.67.